The molecule has 0 bridgehead atoms. The fourth-order valence-electron chi connectivity index (χ4n) is 2.24. The van der Waals surface area contributed by atoms with Gasteiger partial charge in [-0.05, 0) is 6.92 Å². The highest BCUT2D eigenvalue weighted by molar-refractivity contribution is 5.88. The van der Waals surface area contributed by atoms with Gasteiger partial charge in [0.05, 0.1) is 24.5 Å². The Morgan fingerprint density at radius 2 is 2.37 bits per heavy atom. The van der Waals surface area contributed by atoms with Crippen molar-refractivity contribution in [1.29, 1.82) is 0 Å². The Morgan fingerprint density at radius 3 is 3.05 bits per heavy atom. The zero-order valence-electron chi connectivity index (χ0n) is 10.7. The van der Waals surface area contributed by atoms with E-state index in [1.807, 2.05) is 11.8 Å². The van der Waals surface area contributed by atoms with Gasteiger partial charge >= 0.3 is 5.97 Å². The monoisotopic (exact) mass is 267 g/mol. The predicted molar refractivity (Wildman–Crippen MR) is 65.7 cm³/mol. The fraction of sp³-hybridized carbons (Fsp3) is 0.583. The van der Waals surface area contributed by atoms with Crippen molar-refractivity contribution in [2.24, 2.45) is 0 Å². The number of hydrogen-bond acceptors (Lipinski definition) is 6. The van der Waals surface area contributed by atoms with Gasteiger partial charge in [0, 0.05) is 25.8 Å². The number of aliphatic hydroxyl groups is 1. The fourth-order valence-corrected chi connectivity index (χ4v) is 2.24. The summed E-state index contributed by atoms with van der Waals surface area (Å²) in [4.78, 5) is 20.9. The lowest BCUT2D eigenvalue weighted by atomic mass is 10.1. The molecule has 0 aromatic carbocycles. The number of aromatic carboxylic acids is 1. The average molecular weight is 267 g/mol. The van der Waals surface area contributed by atoms with Gasteiger partial charge in [-0.3, -0.25) is 4.90 Å². The summed E-state index contributed by atoms with van der Waals surface area (Å²) in [5.74, 6) is -1.03. The van der Waals surface area contributed by atoms with Crippen LogP contribution in [0.25, 0.3) is 0 Å². The maximum absolute atomic E-state index is 11.1. The first-order chi connectivity index (χ1) is 9.10. The van der Waals surface area contributed by atoms with Crippen LogP contribution in [0.2, 0.25) is 0 Å². The van der Waals surface area contributed by atoms with Crippen LogP contribution < -0.4 is 0 Å². The third-order valence-electron chi connectivity index (χ3n) is 3.00. The maximum Gasteiger partial charge on any atom is 0.339 e. The number of nitrogens with zero attached hydrogens (tertiary/aromatic N) is 3. The zero-order valence-corrected chi connectivity index (χ0v) is 10.7. The third kappa shape index (κ3) is 3.46. The van der Waals surface area contributed by atoms with Crippen molar-refractivity contribution < 1.29 is 19.7 Å². The predicted octanol–water partition coefficient (Wildman–Crippen LogP) is -0.244. The molecule has 1 fully saturated rings. The second kappa shape index (κ2) is 6.05. The number of aliphatic hydroxyl groups excluding tert-OH is 1. The van der Waals surface area contributed by atoms with Gasteiger partial charge in [0.25, 0.3) is 0 Å². The van der Waals surface area contributed by atoms with E-state index in [-0.39, 0.29) is 24.4 Å². The summed E-state index contributed by atoms with van der Waals surface area (Å²) >= 11 is 0. The Bertz CT molecular complexity index is 454. The number of carboxylic acid groups (broad SMARTS) is 1. The SMILES string of the molecule is CC1CN(Cc2ncncc2C(=O)O)CC(CO)O1. The first-order valence-corrected chi connectivity index (χ1v) is 6.11. The number of ether oxygens (including phenoxy) is 1. The van der Waals surface area contributed by atoms with Crippen LogP contribution in [0.3, 0.4) is 0 Å². The Labute approximate surface area is 110 Å². The molecule has 2 heterocycles. The second-order valence-corrected chi connectivity index (χ2v) is 4.63. The minimum Gasteiger partial charge on any atom is -0.478 e. The van der Waals surface area contributed by atoms with Gasteiger partial charge in [0.1, 0.15) is 11.9 Å². The molecule has 1 aliphatic rings. The summed E-state index contributed by atoms with van der Waals surface area (Å²) in [7, 11) is 0. The van der Waals surface area contributed by atoms with Crippen LogP contribution in [-0.2, 0) is 11.3 Å². The first-order valence-electron chi connectivity index (χ1n) is 6.11. The van der Waals surface area contributed by atoms with Gasteiger partial charge < -0.3 is 14.9 Å². The molecular weight excluding hydrogens is 250 g/mol. The topological polar surface area (TPSA) is 95.8 Å². The number of rotatable bonds is 4. The molecule has 1 aromatic heterocycles. The number of carboxylic acids is 1. The van der Waals surface area contributed by atoms with Crippen molar-refractivity contribution in [3.63, 3.8) is 0 Å². The Kier molecular flexibility index (Phi) is 4.41. The number of morpholine rings is 1. The lowest BCUT2D eigenvalue weighted by Gasteiger charge is -2.35. The molecule has 1 aromatic rings. The van der Waals surface area contributed by atoms with E-state index in [4.69, 9.17) is 14.9 Å². The van der Waals surface area contributed by atoms with Crippen molar-refractivity contribution in [2.45, 2.75) is 25.7 Å². The Balaban J connectivity index is 2.10. The van der Waals surface area contributed by atoms with Crippen LogP contribution in [0.1, 0.15) is 23.0 Å². The lowest BCUT2D eigenvalue weighted by molar-refractivity contribution is -0.0975. The average Bonchev–Trinajstić information content (AvgIpc) is 2.38. The standard InChI is InChI=1S/C12H17N3O4/c1-8-3-15(4-9(6-16)19-8)5-11-10(12(17)18)2-13-7-14-11/h2,7-9,16H,3-6H2,1H3,(H,17,18). The van der Waals surface area contributed by atoms with Crippen molar-refractivity contribution in [2.75, 3.05) is 19.7 Å². The van der Waals surface area contributed by atoms with Gasteiger partial charge in [0.15, 0.2) is 0 Å². The number of hydrogen-bond donors (Lipinski definition) is 2. The molecule has 104 valence electrons. The normalized spacial score (nSPS) is 24.3. The Morgan fingerprint density at radius 1 is 1.58 bits per heavy atom. The van der Waals surface area contributed by atoms with Crippen molar-refractivity contribution in [3.05, 3.63) is 23.8 Å². The highest BCUT2D eigenvalue weighted by Gasteiger charge is 2.26. The van der Waals surface area contributed by atoms with Crippen LogP contribution in [-0.4, -0.2) is 63.0 Å². The minimum absolute atomic E-state index is 0.000940. The maximum atomic E-state index is 11.1. The molecule has 0 aliphatic carbocycles. The molecule has 0 saturated carbocycles. The van der Waals surface area contributed by atoms with Gasteiger partial charge in [-0.15, -0.1) is 0 Å². The van der Waals surface area contributed by atoms with E-state index in [1.54, 1.807) is 0 Å². The van der Waals surface area contributed by atoms with Crippen LogP contribution in [0.15, 0.2) is 12.5 Å². The summed E-state index contributed by atoms with van der Waals surface area (Å²) in [5.41, 5.74) is 0.593. The van der Waals surface area contributed by atoms with E-state index in [1.165, 1.54) is 12.5 Å². The molecule has 0 amide bonds. The molecule has 0 radical (unpaired) electrons. The zero-order chi connectivity index (χ0) is 13.8. The van der Waals surface area contributed by atoms with Gasteiger partial charge in [-0.25, -0.2) is 14.8 Å². The van der Waals surface area contributed by atoms with E-state index < -0.39 is 5.97 Å². The molecule has 2 atom stereocenters. The molecule has 1 saturated heterocycles. The lowest BCUT2D eigenvalue weighted by Crippen LogP contribution is -2.47. The van der Waals surface area contributed by atoms with Crippen LogP contribution >= 0.6 is 0 Å². The van der Waals surface area contributed by atoms with Gasteiger partial charge in [-0.1, -0.05) is 0 Å². The van der Waals surface area contributed by atoms with E-state index in [0.29, 0.717) is 25.3 Å². The quantitative estimate of drug-likeness (QED) is 0.777. The summed E-state index contributed by atoms with van der Waals surface area (Å²) in [6, 6.07) is 0. The molecule has 7 nitrogen and oxygen atoms in total. The molecule has 2 rings (SSSR count). The van der Waals surface area contributed by atoms with Crippen molar-refractivity contribution >= 4 is 5.97 Å². The summed E-state index contributed by atoms with van der Waals surface area (Å²) in [5, 5.41) is 18.2. The minimum atomic E-state index is -1.03. The van der Waals surface area contributed by atoms with Gasteiger partial charge in [-0.2, -0.15) is 0 Å². The van der Waals surface area contributed by atoms with E-state index in [2.05, 4.69) is 9.97 Å². The van der Waals surface area contributed by atoms with Crippen molar-refractivity contribution in [3.8, 4) is 0 Å². The smallest absolute Gasteiger partial charge is 0.339 e. The van der Waals surface area contributed by atoms with E-state index in [9.17, 15) is 4.79 Å². The highest BCUT2D eigenvalue weighted by Crippen LogP contribution is 2.15. The number of aromatic nitrogens is 2. The molecule has 2 N–H and O–H groups in total. The van der Waals surface area contributed by atoms with Crippen LogP contribution in [0.4, 0.5) is 0 Å². The molecule has 19 heavy (non-hydrogen) atoms. The van der Waals surface area contributed by atoms with Crippen LogP contribution in [0, 0.1) is 0 Å². The summed E-state index contributed by atoms with van der Waals surface area (Å²) < 4.78 is 5.54. The van der Waals surface area contributed by atoms with Gasteiger partial charge in [0.2, 0.25) is 0 Å². The largest absolute Gasteiger partial charge is 0.478 e. The van der Waals surface area contributed by atoms with E-state index in [0.717, 1.165) is 0 Å². The number of carbonyl (C=O) groups is 1. The Hall–Kier alpha value is -1.57. The van der Waals surface area contributed by atoms with Crippen molar-refractivity contribution in [1.82, 2.24) is 14.9 Å². The summed E-state index contributed by atoms with van der Waals surface area (Å²) in [6.07, 6.45) is 2.41. The second-order valence-electron chi connectivity index (χ2n) is 4.63. The third-order valence-corrected chi connectivity index (χ3v) is 3.00. The molecule has 1 aliphatic heterocycles. The highest BCUT2D eigenvalue weighted by atomic mass is 16.5. The summed E-state index contributed by atoms with van der Waals surface area (Å²) in [6.45, 7) is 3.53. The van der Waals surface area contributed by atoms with E-state index >= 15 is 0 Å². The molecule has 2 unspecified atom stereocenters. The molecule has 0 spiro atoms. The molecular formula is C12H17N3O4. The first kappa shape index (κ1) is 13.9. The molecule has 7 heteroatoms. The van der Waals surface area contributed by atoms with Crippen LogP contribution in [0.5, 0.6) is 0 Å².